The number of anilines is 1. The molecule has 2 heterocycles. The molecular weight excluding hydrogens is 432 g/mol. The molecule has 2 aromatic heterocycles. The van der Waals surface area contributed by atoms with Crippen LogP contribution in [0.4, 0.5) is 5.00 Å². The minimum atomic E-state index is -0.434. The monoisotopic (exact) mass is 460 g/mol. The summed E-state index contributed by atoms with van der Waals surface area (Å²) in [7, 11) is 0. The number of thiophene rings is 1. The maximum absolute atomic E-state index is 13.6. The van der Waals surface area contributed by atoms with E-state index in [0.717, 1.165) is 47.0 Å². The zero-order chi connectivity index (χ0) is 23.4. The van der Waals surface area contributed by atoms with Crippen molar-refractivity contribution in [3.05, 3.63) is 76.8 Å². The van der Waals surface area contributed by atoms with Crippen LogP contribution in [-0.2, 0) is 11.3 Å². The van der Waals surface area contributed by atoms with E-state index in [1.54, 1.807) is 6.92 Å². The molecule has 6 heteroatoms. The van der Waals surface area contributed by atoms with Crippen LogP contribution in [0.5, 0.6) is 0 Å². The standard InChI is InChI=1S/C27H28N2O3S/c1-4-6-16-29-22-15-11-10-14-20(22)18(3)24(29)25(30)28-26-23(27(31)32-5-2)21(17-33-26)19-12-8-7-9-13-19/h7-15,17H,4-6,16H2,1-3H3,(H,28,30). The van der Waals surface area contributed by atoms with Gasteiger partial charge in [0.1, 0.15) is 16.3 Å². The fourth-order valence-corrected chi connectivity index (χ4v) is 5.12. The van der Waals surface area contributed by atoms with Crippen LogP contribution in [-0.4, -0.2) is 23.1 Å². The third-order valence-corrected chi connectivity index (χ3v) is 6.65. The molecule has 0 unspecified atom stereocenters. The number of ether oxygens (including phenoxy) is 1. The Morgan fingerprint density at radius 3 is 2.48 bits per heavy atom. The lowest BCUT2D eigenvalue weighted by molar-refractivity contribution is 0.0529. The smallest absolute Gasteiger partial charge is 0.341 e. The van der Waals surface area contributed by atoms with E-state index < -0.39 is 5.97 Å². The minimum absolute atomic E-state index is 0.216. The Hall–Kier alpha value is -3.38. The molecule has 170 valence electrons. The van der Waals surface area contributed by atoms with Crippen molar-refractivity contribution in [1.82, 2.24) is 4.57 Å². The fraction of sp³-hybridized carbons (Fsp3) is 0.259. The molecule has 0 spiro atoms. The molecule has 0 radical (unpaired) electrons. The summed E-state index contributed by atoms with van der Waals surface area (Å²) < 4.78 is 7.43. The number of aryl methyl sites for hydroxylation is 2. The van der Waals surface area contributed by atoms with Crippen LogP contribution in [0.3, 0.4) is 0 Å². The predicted octanol–water partition coefficient (Wildman–Crippen LogP) is 6.91. The number of benzene rings is 2. The quantitative estimate of drug-likeness (QED) is 0.291. The predicted molar refractivity (Wildman–Crippen MR) is 135 cm³/mol. The Balaban J connectivity index is 1.77. The lowest BCUT2D eigenvalue weighted by Gasteiger charge is -2.12. The number of esters is 1. The number of aromatic nitrogens is 1. The van der Waals surface area contributed by atoms with Crippen molar-refractivity contribution in [2.75, 3.05) is 11.9 Å². The summed E-state index contributed by atoms with van der Waals surface area (Å²) in [6.45, 7) is 6.93. The lowest BCUT2D eigenvalue weighted by atomic mass is 10.0. The van der Waals surface area contributed by atoms with Crippen LogP contribution < -0.4 is 5.32 Å². The van der Waals surface area contributed by atoms with Gasteiger partial charge < -0.3 is 14.6 Å². The molecule has 5 nitrogen and oxygen atoms in total. The molecule has 0 bridgehead atoms. The number of nitrogens with zero attached hydrogens (tertiary/aromatic N) is 1. The molecule has 2 aromatic carbocycles. The van der Waals surface area contributed by atoms with Gasteiger partial charge in [0.05, 0.1) is 6.61 Å². The number of hydrogen-bond acceptors (Lipinski definition) is 4. The summed E-state index contributed by atoms with van der Waals surface area (Å²) in [6.07, 6.45) is 2.01. The highest BCUT2D eigenvalue weighted by molar-refractivity contribution is 7.15. The molecular formula is C27H28N2O3S. The minimum Gasteiger partial charge on any atom is -0.462 e. The second-order valence-electron chi connectivity index (χ2n) is 7.89. The highest BCUT2D eigenvalue weighted by Crippen LogP contribution is 2.37. The van der Waals surface area contributed by atoms with Gasteiger partial charge in [0.2, 0.25) is 0 Å². The number of carbonyl (C=O) groups is 2. The summed E-state index contributed by atoms with van der Waals surface area (Å²) in [5.74, 6) is -0.650. The van der Waals surface area contributed by atoms with Gasteiger partial charge in [0.15, 0.2) is 0 Å². The third-order valence-electron chi connectivity index (χ3n) is 5.76. The van der Waals surface area contributed by atoms with Crippen molar-refractivity contribution in [2.45, 2.75) is 40.2 Å². The number of para-hydroxylation sites is 1. The van der Waals surface area contributed by atoms with Crippen molar-refractivity contribution in [1.29, 1.82) is 0 Å². The number of amides is 1. The van der Waals surface area contributed by atoms with E-state index in [1.165, 1.54) is 11.3 Å². The normalized spacial score (nSPS) is 11.0. The first-order chi connectivity index (χ1) is 16.1. The first kappa shape index (κ1) is 22.8. The number of rotatable bonds is 8. The van der Waals surface area contributed by atoms with E-state index in [2.05, 4.69) is 22.9 Å². The van der Waals surface area contributed by atoms with E-state index in [4.69, 9.17) is 4.74 Å². The Labute approximate surface area is 198 Å². The Kier molecular flexibility index (Phi) is 6.94. The Morgan fingerprint density at radius 2 is 1.76 bits per heavy atom. The molecule has 0 aliphatic heterocycles. The molecule has 0 aliphatic carbocycles. The van der Waals surface area contributed by atoms with Gasteiger partial charge in [-0.15, -0.1) is 11.3 Å². The van der Waals surface area contributed by atoms with Gasteiger partial charge in [-0.25, -0.2) is 4.79 Å². The molecule has 0 saturated heterocycles. The van der Waals surface area contributed by atoms with Crippen molar-refractivity contribution in [3.63, 3.8) is 0 Å². The number of carbonyl (C=O) groups excluding carboxylic acids is 2. The summed E-state index contributed by atoms with van der Waals surface area (Å²) >= 11 is 1.34. The summed E-state index contributed by atoms with van der Waals surface area (Å²) in [6, 6.07) is 17.8. The number of nitrogens with one attached hydrogen (secondary N) is 1. The molecule has 4 rings (SSSR count). The second-order valence-corrected chi connectivity index (χ2v) is 8.77. The van der Waals surface area contributed by atoms with Crippen LogP contribution in [0, 0.1) is 6.92 Å². The average Bonchev–Trinajstić information content (AvgIpc) is 3.37. The molecule has 1 N–H and O–H groups in total. The summed E-state index contributed by atoms with van der Waals surface area (Å²) in [5.41, 5.74) is 4.69. The van der Waals surface area contributed by atoms with Gasteiger partial charge in [0, 0.05) is 28.4 Å². The highest BCUT2D eigenvalue weighted by Gasteiger charge is 2.25. The number of unbranched alkanes of at least 4 members (excludes halogenated alkanes) is 1. The third kappa shape index (κ3) is 4.44. The zero-order valence-electron chi connectivity index (χ0n) is 19.2. The SMILES string of the molecule is CCCCn1c(C(=O)Nc2scc(-c3ccccc3)c2C(=O)OCC)c(C)c2ccccc21. The van der Waals surface area contributed by atoms with Gasteiger partial charge in [-0.1, -0.05) is 61.9 Å². The average molecular weight is 461 g/mol. The Morgan fingerprint density at radius 1 is 1.03 bits per heavy atom. The molecule has 4 aromatic rings. The van der Waals surface area contributed by atoms with Crippen LogP contribution in [0.25, 0.3) is 22.0 Å². The first-order valence-electron chi connectivity index (χ1n) is 11.3. The van der Waals surface area contributed by atoms with Gasteiger partial charge in [-0.2, -0.15) is 0 Å². The fourth-order valence-electron chi connectivity index (χ4n) is 4.17. The maximum atomic E-state index is 13.6. The van der Waals surface area contributed by atoms with Crippen LogP contribution >= 0.6 is 11.3 Å². The van der Waals surface area contributed by atoms with E-state index >= 15 is 0 Å². The Bertz CT molecular complexity index is 1290. The molecule has 0 atom stereocenters. The maximum Gasteiger partial charge on any atom is 0.341 e. The topological polar surface area (TPSA) is 60.3 Å². The van der Waals surface area contributed by atoms with Crippen molar-refractivity contribution in [2.24, 2.45) is 0 Å². The number of fused-ring (bicyclic) bond motifs is 1. The van der Waals surface area contributed by atoms with Crippen LogP contribution in [0.1, 0.15) is 53.1 Å². The highest BCUT2D eigenvalue weighted by atomic mass is 32.1. The van der Waals surface area contributed by atoms with E-state index in [9.17, 15) is 9.59 Å². The molecule has 0 saturated carbocycles. The van der Waals surface area contributed by atoms with Gasteiger partial charge in [-0.3, -0.25) is 4.79 Å². The van der Waals surface area contributed by atoms with Crippen LogP contribution in [0.15, 0.2) is 60.0 Å². The second kappa shape index (κ2) is 10.0. The van der Waals surface area contributed by atoms with Gasteiger partial charge in [0.25, 0.3) is 5.91 Å². The zero-order valence-corrected chi connectivity index (χ0v) is 20.0. The molecule has 0 aliphatic rings. The summed E-state index contributed by atoms with van der Waals surface area (Å²) in [4.78, 5) is 26.5. The first-order valence-corrected chi connectivity index (χ1v) is 12.2. The van der Waals surface area contributed by atoms with Gasteiger partial charge >= 0.3 is 5.97 Å². The number of hydrogen-bond donors (Lipinski definition) is 1. The van der Waals surface area contributed by atoms with Crippen LogP contribution in [0.2, 0.25) is 0 Å². The molecule has 33 heavy (non-hydrogen) atoms. The summed E-state index contributed by atoms with van der Waals surface area (Å²) in [5, 5.41) is 6.51. The van der Waals surface area contributed by atoms with Crippen molar-refractivity contribution < 1.29 is 14.3 Å². The van der Waals surface area contributed by atoms with E-state index in [-0.39, 0.29) is 12.5 Å². The van der Waals surface area contributed by atoms with E-state index in [0.29, 0.717) is 16.3 Å². The molecule has 0 fully saturated rings. The van der Waals surface area contributed by atoms with Crippen molar-refractivity contribution in [3.8, 4) is 11.1 Å². The van der Waals surface area contributed by atoms with Gasteiger partial charge in [-0.05, 0) is 37.5 Å². The lowest BCUT2D eigenvalue weighted by Crippen LogP contribution is -2.19. The molecule has 1 amide bonds. The largest absolute Gasteiger partial charge is 0.462 e. The van der Waals surface area contributed by atoms with Crippen molar-refractivity contribution >= 4 is 39.1 Å². The van der Waals surface area contributed by atoms with E-state index in [1.807, 2.05) is 60.8 Å².